The number of nitrogens with one attached hydrogen (secondary N) is 3. The molecule has 0 saturated heterocycles. The van der Waals surface area contributed by atoms with Crippen molar-refractivity contribution in [1.29, 1.82) is 0 Å². The molecule has 0 saturated carbocycles. The number of amides is 1. The van der Waals surface area contributed by atoms with Crippen molar-refractivity contribution in [1.82, 2.24) is 15.3 Å². The molecule has 0 atom stereocenters. The Kier molecular flexibility index (Phi) is 6.87. The van der Waals surface area contributed by atoms with Gasteiger partial charge in [-0.1, -0.05) is 18.2 Å². The molecule has 1 heterocycles. The second kappa shape index (κ2) is 9.61. The van der Waals surface area contributed by atoms with Crippen LogP contribution in [0.1, 0.15) is 26.3 Å². The van der Waals surface area contributed by atoms with Crippen molar-refractivity contribution in [3.8, 4) is 0 Å². The maximum atomic E-state index is 14.3. The molecule has 0 aliphatic rings. The van der Waals surface area contributed by atoms with Gasteiger partial charge in [0, 0.05) is 30.8 Å². The molecule has 12 heteroatoms. The van der Waals surface area contributed by atoms with E-state index in [9.17, 15) is 27.5 Å². The number of carbonyl (C=O) groups excluding carboxylic acids is 1. The van der Waals surface area contributed by atoms with Crippen LogP contribution in [0.15, 0.2) is 48.7 Å². The van der Waals surface area contributed by atoms with Crippen LogP contribution in [-0.2, 0) is 15.6 Å². The van der Waals surface area contributed by atoms with Crippen LogP contribution in [0.2, 0.25) is 0 Å². The van der Waals surface area contributed by atoms with Crippen LogP contribution in [0.3, 0.4) is 0 Å². The summed E-state index contributed by atoms with van der Waals surface area (Å²) in [7, 11) is -1.92. The van der Waals surface area contributed by atoms with Crippen LogP contribution >= 0.6 is 0 Å². The number of aromatic nitrogens is 2. The van der Waals surface area contributed by atoms with E-state index >= 15 is 0 Å². The van der Waals surface area contributed by atoms with Crippen LogP contribution in [-0.4, -0.2) is 48.7 Å². The summed E-state index contributed by atoms with van der Waals surface area (Å²) in [6.07, 6.45) is 2.11. The molecule has 0 aliphatic heterocycles. The number of carboxylic acid groups (broad SMARTS) is 1. The molecular weight excluding hydrogens is 453 g/mol. The molecular formula is C21H20FN5O5S. The number of carbonyl (C=O) groups is 2. The highest BCUT2D eigenvalue weighted by atomic mass is 32.2. The first-order chi connectivity index (χ1) is 15.6. The topological polar surface area (TPSA) is 150 Å². The average molecular weight is 473 g/mol. The predicted molar refractivity (Wildman–Crippen MR) is 120 cm³/mol. The normalized spacial score (nSPS) is 11.0. The van der Waals surface area contributed by atoms with E-state index in [4.69, 9.17) is 0 Å². The third-order valence-corrected chi connectivity index (χ3v) is 5.24. The van der Waals surface area contributed by atoms with E-state index in [-0.39, 0.29) is 34.3 Å². The maximum Gasteiger partial charge on any atom is 0.341 e. The Morgan fingerprint density at radius 1 is 1.09 bits per heavy atom. The average Bonchev–Trinajstić information content (AvgIpc) is 2.75. The first-order valence-corrected chi connectivity index (χ1v) is 11.5. The fourth-order valence-corrected chi connectivity index (χ4v) is 3.72. The van der Waals surface area contributed by atoms with Crippen molar-refractivity contribution < 1.29 is 27.5 Å². The van der Waals surface area contributed by atoms with Crippen LogP contribution in [0.25, 0.3) is 0 Å². The van der Waals surface area contributed by atoms with Gasteiger partial charge in [0.2, 0.25) is 5.95 Å². The number of carboxylic acids is 1. The highest BCUT2D eigenvalue weighted by Gasteiger charge is 2.17. The molecule has 0 aliphatic carbocycles. The summed E-state index contributed by atoms with van der Waals surface area (Å²) in [5, 5.41) is 17.4. The van der Waals surface area contributed by atoms with Crippen molar-refractivity contribution in [2.75, 3.05) is 23.9 Å². The van der Waals surface area contributed by atoms with Crippen LogP contribution in [0.5, 0.6) is 0 Å². The summed E-state index contributed by atoms with van der Waals surface area (Å²) < 4.78 is 37.8. The lowest BCUT2D eigenvalue weighted by Crippen LogP contribution is -2.18. The predicted octanol–water partition coefficient (Wildman–Crippen LogP) is 2.71. The number of nitrogens with zero attached hydrogens (tertiary/aromatic N) is 2. The second-order valence-electron chi connectivity index (χ2n) is 7.01. The van der Waals surface area contributed by atoms with Gasteiger partial charge in [-0.25, -0.2) is 22.6 Å². The van der Waals surface area contributed by atoms with Crippen LogP contribution in [0, 0.1) is 5.82 Å². The molecule has 10 nitrogen and oxygen atoms in total. The van der Waals surface area contributed by atoms with Gasteiger partial charge in [-0.3, -0.25) is 4.79 Å². The highest BCUT2D eigenvalue weighted by molar-refractivity contribution is 7.89. The number of benzene rings is 2. The number of hydrogen-bond donors (Lipinski definition) is 4. The molecule has 1 amide bonds. The van der Waals surface area contributed by atoms with E-state index in [0.717, 1.165) is 18.5 Å². The molecule has 0 unspecified atom stereocenters. The molecule has 2 aromatic carbocycles. The molecule has 3 rings (SSSR count). The van der Waals surface area contributed by atoms with Gasteiger partial charge in [0.05, 0.1) is 11.4 Å². The van der Waals surface area contributed by atoms with Crippen molar-refractivity contribution in [3.63, 3.8) is 0 Å². The lowest BCUT2D eigenvalue weighted by molar-refractivity contribution is 0.0697. The monoisotopic (exact) mass is 473 g/mol. The van der Waals surface area contributed by atoms with Crippen molar-refractivity contribution in [2.45, 2.75) is 5.75 Å². The van der Waals surface area contributed by atoms with E-state index in [2.05, 4.69) is 25.9 Å². The third-order valence-electron chi connectivity index (χ3n) is 4.41. The molecule has 0 bridgehead atoms. The Morgan fingerprint density at radius 2 is 1.82 bits per heavy atom. The molecule has 172 valence electrons. The zero-order valence-electron chi connectivity index (χ0n) is 17.6. The zero-order chi connectivity index (χ0) is 24.2. The van der Waals surface area contributed by atoms with Crippen molar-refractivity contribution in [2.24, 2.45) is 0 Å². The minimum atomic E-state index is -3.36. The standard InChI is InChI=1S/C21H20FN5O5S/c1-23-19(28)12-7-8-15(22)17(9-12)26-21-24-10-14(20(29)30)18(27-21)25-16-6-4-3-5-13(16)11-33(2,31)32/h3-10H,11H2,1-2H3,(H,23,28)(H,29,30)(H2,24,25,26,27). The zero-order valence-corrected chi connectivity index (χ0v) is 18.4. The molecule has 0 radical (unpaired) electrons. The Labute approximate surface area is 188 Å². The largest absolute Gasteiger partial charge is 0.477 e. The number of rotatable bonds is 8. The molecule has 3 aromatic rings. The van der Waals surface area contributed by atoms with Gasteiger partial charge < -0.3 is 21.1 Å². The SMILES string of the molecule is CNC(=O)c1ccc(F)c(Nc2ncc(C(=O)O)c(Nc3ccccc3CS(C)(=O)=O)n2)c1. The van der Waals surface area contributed by atoms with Gasteiger partial charge in [0.15, 0.2) is 15.7 Å². The van der Waals surface area contributed by atoms with Crippen molar-refractivity contribution in [3.05, 3.63) is 71.2 Å². The summed E-state index contributed by atoms with van der Waals surface area (Å²) in [6, 6.07) is 10.1. The number of para-hydroxylation sites is 1. The second-order valence-corrected chi connectivity index (χ2v) is 9.15. The van der Waals surface area contributed by atoms with Crippen LogP contribution < -0.4 is 16.0 Å². The highest BCUT2D eigenvalue weighted by Crippen LogP contribution is 2.26. The van der Waals surface area contributed by atoms with Gasteiger partial charge >= 0.3 is 5.97 Å². The Morgan fingerprint density at radius 3 is 2.48 bits per heavy atom. The van der Waals surface area contributed by atoms with E-state index in [1.807, 2.05) is 0 Å². The van der Waals surface area contributed by atoms with Gasteiger partial charge in [0.1, 0.15) is 11.4 Å². The first-order valence-electron chi connectivity index (χ1n) is 9.49. The molecule has 33 heavy (non-hydrogen) atoms. The molecule has 0 fully saturated rings. The summed E-state index contributed by atoms with van der Waals surface area (Å²) >= 11 is 0. The lowest BCUT2D eigenvalue weighted by Gasteiger charge is -2.14. The number of hydrogen-bond acceptors (Lipinski definition) is 8. The molecule has 1 aromatic heterocycles. The summed E-state index contributed by atoms with van der Waals surface area (Å²) in [5.74, 6) is -2.98. The molecule has 4 N–H and O–H groups in total. The first kappa shape index (κ1) is 23.6. The van der Waals surface area contributed by atoms with Gasteiger partial charge in [-0.2, -0.15) is 4.98 Å². The number of anilines is 4. The third kappa shape index (κ3) is 6.01. The van der Waals surface area contributed by atoms with Crippen molar-refractivity contribution >= 4 is 44.9 Å². The minimum absolute atomic E-state index is 0.0948. The van der Waals surface area contributed by atoms with Crippen LogP contribution in [0.4, 0.5) is 27.5 Å². The fourth-order valence-electron chi connectivity index (χ4n) is 2.90. The smallest absolute Gasteiger partial charge is 0.341 e. The minimum Gasteiger partial charge on any atom is -0.477 e. The van der Waals surface area contributed by atoms with E-state index in [1.54, 1.807) is 24.3 Å². The summed E-state index contributed by atoms with van der Waals surface area (Å²) in [6.45, 7) is 0. The quantitative estimate of drug-likeness (QED) is 0.387. The Bertz CT molecular complexity index is 1330. The Balaban J connectivity index is 1.99. The molecule has 0 spiro atoms. The number of aromatic carboxylic acids is 1. The lowest BCUT2D eigenvalue weighted by atomic mass is 10.2. The van der Waals surface area contributed by atoms with Gasteiger partial charge in [-0.05, 0) is 29.8 Å². The van der Waals surface area contributed by atoms with E-state index in [1.165, 1.54) is 19.2 Å². The van der Waals surface area contributed by atoms with Gasteiger partial charge in [0.25, 0.3) is 5.91 Å². The number of halogens is 1. The Hall–Kier alpha value is -4.06. The van der Waals surface area contributed by atoms with Gasteiger partial charge in [-0.15, -0.1) is 0 Å². The summed E-state index contributed by atoms with van der Waals surface area (Å²) in [4.78, 5) is 31.5. The van der Waals surface area contributed by atoms with E-state index in [0.29, 0.717) is 11.3 Å². The summed E-state index contributed by atoms with van der Waals surface area (Å²) in [5.41, 5.74) is 0.560. The number of sulfone groups is 1. The fraction of sp³-hybridized carbons (Fsp3) is 0.143. The van der Waals surface area contributed by atoms with E-state index < -0.39 is 27.5 Å². The maximum absolute atomic E-state index is 14.3.